The van der Waals surface area contributed by atoms with E-state index in [0.29, 0.717) is 19.4 Å². The fourth-order valence-corrected chi connectivity index (χ4v) is 1.37. The Morgan fingerprint density at radius 1 is 1.59 bits per heavy atom. The number of benzene rings is 1. The summed E-state index contributed by atoms with van der Waals surface area (Å²) in [4.78, 5) is 11.6. The molecule has 1 unspecified atom stereocenters. The van der Waals surface area contributed by atoms with Crippen LogP contribution in [0.5, 0.6) is 0 Å². The molecular formula is C12H17FN2O2. The second-order valence-electron chi connectivity index (χ2n) is 3.98. The van der Waals surface area contributed by atoms with Gasteiger partial charge in [0.15, 0.2) is 0 Å². The molecule has 94 valence electrons. The van der Waals surface area contributed by atoms with Crippen molar-refractivity contribution in [1.29, 1.82) is 0 Å². The lowest BCUT2D eigenvalue weighted by Gasteiger charge is -2.07. The van der Waals surface area contributed by atoms with Crippen LogP contribution in [0.3, 0.4) is 0 Å². The first-order valence-electron chi connectivity index (χ1n) is 5.52. The van der Waals surface area contributed by atoms with Crippen LogP contribution in [0.1, 0.15) is 30.1 Å². The fourth-order valence-electron chi connectivity index (χ4n) is 1.37. The van der Waals surface area contributed by atoms with Crippen molar-refractivity contribution >= 4 is 11.6 Å². The number of anilines is 1. The highest BCUT2D eigenvalue weighted by Gasteiger charge is 2.07. The monoisotopic (exact) mass is 240 g/mol. The molecule has 0 aromatic heterocycles. The molecule has 0 aliphatic heterocycles. The highest BCUT2D eigenvalue weighted by atomic mass is 19.1. The minimum absolute atomic E-state index is 0.0238. The van der Waals surface area contributed by atoms with Crippen LogP contribution in [0.25, 0.3) is 0 Å². The molecule has 0 saturated heterocycles. The van der Waals surface area contributed by atoms with Gasteiger partial charge >= 0.3 is 0 Å². The van der Waals surface area contributed by atoms with E-state index in [0.717, 1.165) is 6.07 Å². The van der Waals surface area contributed by atoms with Crippen molar-refractivity contribution in [3.63, 3.8) is 0 Å². The van der Waals surface area contributed by atoms with Gasteiger partial charge in [0.25, 0.3) is 5.91 Å². The van der Waals surface area contributed by atoms with Gasteiger partial charge in [-0.2, -0.15) is 0 Å². The van der Waals surface area contributed by atoms with Crippen LogP contribution in [0, 0.1) is 5.82 Å². The maximum atomic E-state index is 13.1. The number of nitrogens with two attached hydrogens (primary N) is 1. The molecule has 0 radical (unpaired) electrons. The molecule has 0 aliphatic carbocycles. The molecule has 1 aromatic carbocycles. The van der Waals surface area contributed by atoms with Gasteiger partial charge in [0.1, 0.15) is 5.82 Å². The predicted molar refractivity (Wildman–Crippen MR) is 64.1 cm³/mol. The van der Waals surface area contributed by atoms with Gasteiger partial charge in [0.2, 0.25) is 0 Å². The predicted octanol–water partition coefficient (Wildman–Crippen LogP) is 1.30. The van der Waals surface area contributed by atoms with E-state index in [2.05, 4.69) is 5.32 Å². The largest absolute Gasteiger partial charge is 0.396 e. The first-order chi connectivity index (χ1) is 8.00. The molecule has 0 bridgehead atoms. The van der Waals surface area contributed by atoms with Crippen molar-refractivity contribution < 1.29 is 14.3 Å². The van der Waals surface area contributed by atoms with E-state index in [9.17, 15) is 9.18 Å². The molecule has 1 rings (SSSR count). The van der Waals surface area contributed by atoms with Crippen molar-refractivity contribution in [3.8, 4) is 0 Å². The lowest BCUT2D eigenvalue weighted by molar-refractivity contribution is 0.0949. The maximum absolute atomic E-state index is 13.1. The van der Waals surface area contributed by atoms with Gasteiger partial charge in [-0.3, -0.25) is 4.79 Å². The molecule has 5 heteroatoms. The first kappa shape index (κ1) is 13.4. The molecule has 17 heavy (non-hydrogen) atoms. The van der Waals surface area contributed by atoms with Gasteiger partial charge in [-0.05, 0) is 38.0 Å². The molecule has 0 aliphatic rings. The Morgan fingerprint density at radius 2 is 2.29 bits per heavy atom. The lowest BCUT2D eigenvalue weighted by Crippen LogP contribution is -2.25. The zero-order valence-corrected chi connectivity index (χ0v) is 9.74. The topological polar surface area (TPSA) is 75.3 Å². The van der Waals surface area contributed by atoms with E-state index < -0.39 is 5.82 Å². The van der Waals surface area contributed by atoms with Gasteiger partial charge in [0.05, 0.1) is 11.8 Å². The molecule has 1 amide bonds. The Bertz CT molecular complexity index is 394. The van der Waals surface area contributed by atoms with Crippen molar-refractivity contribution in [2.24, 2.45) is 0 Å². The molecule has 4 N–H and O–H groups in total. The minimum atomic E-state index is -0.596. The standard InChI is InChI=1S/C12H17FN2O2/c1-8(16)3-2-6-15-12(17)9-4-5-11(14)10(13)7-9/h4-5,7-8,16H,2-3,6,14H2,1H3,(H,15,17). The number of aliphatic hydroxyl groups excluding tert-OH is 1. The molecule has 4 nitrogen and oxygen atoms in total. The van der Waals surface area contributed by atoms with Gasteiger partial charge < -0.3 is 16.2 Å². The summed E-state index contributed by atoms with van der Waals surface area (Å²) in [6, 6.07) is 3.95. The van der Waals surface area contributed by atoms with Crippen LogP contribution in [-0.2, 0) is 0 Å². The smallest absolute Gasteiger partial charge is 0.251 e. The number of aliphatic hydroxyl groups is 1. The molecule has 0 saturated carbocycles. The van der Waals surface area contributed by atoms with Crippen LogP contribution in [0.15, 0.2) is 18.2 Å². The van der Waals surface area contributed by atoms with E-state index in [1.54, 1.807) is 6.92 Å². The zero-order valence-electron chi connectivity index (χ0n) is 9.74. The summed E-state index contributed by atoms with van der Waals surface area (Å²) in [7, 11) is 0. The number of carbonyl (C=O) groups excluding carboxylic acids is 1. The average Bonchev–Trinajstić information content (AvgIpc) is 2.27. The Labute approximate surface area is 99.6 Å². The summed E-state index contributed by atoms with van der Waals surface area (Å²) in [5, 5.41) is 11.7. The third-order valence-electron chi connectivity index (χ3n) is 2.35. The maximum Gasteiger partial charge on any atom is 0.251 e. The van der Waals surface area contributed by atoms with Crippen LogP contribution in [0.2, 0.25) is 0 Å². The first-order valence-corrected chi connectivity index (χ1v) is 5.52. The summed E-state index contributed by atoms with van der Waals surface area (Å²) < 4.78 is 13.1. The summed E-state index contributed by atoms with van der Waals surface area (Å²) in [6.45, 7) is 2.15. The normalized spacial score (nSPS) is 12.2. The fraction of sp³-hybridized carbons (Fsp3) is 0.417. The van der Waals surface area contributed by atoms with Crippen molar-refractivity contribution in [1.82, 2.24) is 5.32 Å². The van der Waals surface area contributed by atoms with Crippen LogP contribution >= 0.6 is 0 Å². The summed E-state index contributed by atoms with van der Waals surface area (Å²) in [6.07, 6.45) is 0.929. The van der Waals surface area contributed by atoms with Crippen LogP contribution < -0.4 is 11.1 Å². The second-order valence-corrected chi connectivity index (χ2v) is 3.98. The molecule has 0 fully saturated rings. The van der Waals surface area contributed by atoms with Crippen molar-refractivity contribution in [2.45, 2.75) is 25.9 Å². The van der Waals surface area contributed by atoms with Gasteiger partial charge in [0, 0.05) is 12.1 Å². The SMILES string of the molecule is CC(O)CCCNC(=O)c1ccc(N)c(F)c1. The quantitative estimate of drug-likeness (QED) is 0.536. The second kappa shape index (κ2) is 6.20. The van der Waals surface area contributed by atoms with Crippen molar-refractivity contribution in [3.05, 3.63) is 29.6 Å². The number of halogens is 1. The number of amides is 1. The summed E-state index contributed by atoms with van der Waals surface area (Å²) in [5.41, 5.74) is 5.58. The highest BCUT2D eigenvalue weighted by molar-refractivity contribution is 5.94. The Hall–Kier alpha value is -1.62. The molecule has 0 heterocycles. The summed E-state index contributed by atoms with van der Waals surface area (Å²) in [5.74, 6) is -0.934. The number of nitrogens with one attached hydrogen (secondary N) is 1. The number of carbonyl (C=O) groups is 1. The van der Waals surface area contributed by atoms with E-state index in [1.165, 1.54) is 12.1 Å². The van der Waals surface area contributed by atoms with Crippen LogP contribution in [0.4, 0.5) is 10.1 Å². The number of hydrogen-bond donors (Lipinski definition) is 3. The summed E-state index contributed by atoms with van der Waals surface area (Å²) >= 11 is 0. The molecule has 1 atom stereocenters. The van der Waals surface area contributed by atoms with E-state index in [1.807, 2.05) is 0 Å². The number of nitrogen functional groups attached to an aromatic ring is 1. The van der Waals surface area contributed by atoms with Crippen molar-refractivity contribution in [2.75, 3.05) is 12.3 Å². The molecular weight excluding hydrogens is 223 g/mol. The molecule has 0 spiro atoms. The van der Waals surface area contributed by atoms with Gasteiger partial charge in [-0.1, -0.05) is 0 Å². The van der Waals surface area contributed by atoms with E-state index in [-0.39, 0.29) is 23.3 Å². The van der Waals surface area contributed by atoms with E-state index >= 15 is 0 Å². The Balaban J connectivity index is 2.44. The molecule has 1 aromatic rings. The number of rotatable bonds is 5. The third-order valence-corrected chi connectivity index (χ3v) is 2.35. The average molecular weight is 240 g/mol. The Morgan fingerprint density at radius 3 is 2.88 bits per heavy atom. The minimum Gasteiger partial charge on any atom is -0.396 e. The van der Waals surface area contributed by atoms with Gasteiger partial charge in [-0.15, -0.1) is 0 Å². The Kier molecular flexibility index (Phi) is 4.90. The van der Waals surface area contributed by atoms with E-state index in [4.69, 9.17) is 10.8 Å². The third kappa shape index (κ3) is 4.40. The van der Waals surface area contributed by atoms with Crippen LogP contribution in [-0.4, -0.2) is 23.7 Å². The highest BCUT2D eigenvalue weighted by Crippen LogP contribution is 2.11. The lowest BCUT2D eigenvalue weighted by atomic mass is 10.1. The number of hydrogen-bond acceptors (Lipinski definition) is 3. The van der Waals surface area contributed by atoms with Gasteiger partial charge in [-0.25, -0.2) is 4.39 Å². The zero-order chi connectivity index (χ0) is 12.8.